The standard InChI is InChI=1S/C20H16FNO4/c1-13(23)15-6-8-16(9-7-15)26-12-14(10-21)11-22-19(24)17-4-2-3-5-18(17)20(22)25/h2-10H,11-12H2,1H3/b14-10+. The van der Waals surface area contributed by atoms with Crippen molar-refractivity contribution in [2.75, 3.05) is 13.2 Å². The van der Waals surface area contributed by atoms with Crippen molar-refractivity contribution in [1.29, 1.82) is 0 Å². The maximum Gasteiger partial charge on any atom is 0.261 e. The molecule has 132 valence electrons. The van der Waals surface area contributed by atoms with Gasteiger partial charge in [0.25, 0.3) is 11.8 Å². The second-order valence-electron chi connectivity index (χ2n) is 5.88. The third-order valence-corrected chi connectivity index (χ3v) is 4.08. The maximum atomic E-state index is 13.2. The van der Waals surface area contributed by atoms with Crippen LogP contribution in [0, 0.1) is 0 Å². The summed E-state index contributed by atoms with van der Waals surface area (Å²) in [6.45, 7) is 1.15. The summed E-state index contributed by atoms with van der Waals surface area (Å²) < 4.78 is 18.7. The highest BCUT2D eigenvalue weighted by Crippen LogP contribution is 2.23. The molecule has 0 aliphatic carbocycles. The fourth-order valence-corrected chi connectivity index (χ4v) is 2.66. The molecular weight excluding hydrogens is 337 g/mol. The van der Waals surface area contributed by atoms with Gasteiger partial charge in [0.05, 0.1) is 24.0 Å². The van der Waals surface area contributed by atoms with E-state index in [-0.39, 0.29) is 24.5 Å². The lowest BCUT2D eigenvalue weighted by molar-refractivity contribution is 0.0664. The average molecular weight is 353 g/mol. The highest BCUT2D eigenvalue weighted by Gasteiger charge is 2.35. The van der Waals surface area contributed by atoms with Gasteiger partial charge in [-0.2, -0.15) is 0 Å². The summed E-state index contributed by atoms with van der Waals surface area (Å²) in [5, 5.41) is 0. The molecule has 2 amide bonds. The van der Waals surface area contributed by atoms with Gasteiger partial charge in [0.2, 0.25) is 0 Å². The minimum Gasteiger partial charge on any atom is -0.489 e. The largest absolute Gasteiger partial charge is 0.489 e. The zero-order chi connectivity index (χ0) is 18.7. The molecule has 0 bridgehead atoms. The van der Waals surface area contributed by atoms with Crippen LogP contribution >= 0.6 is 0 Å². The number of amides is 2. The van der Waals surface area contributed by atoms with Gasteiger partial charge in [-0.15, -0.1) is 0 Å². The van der Waals surface area contributed by atoms with Crippen molar-refractivity contribution in [3.05, 3.63) is 77.1 Å². The van der Waals surface area contributed by atoms with Crippen molar-refractivity contribution in [1.82, 2.24) is 4.90 Å². The van der Waals surface area contributed by atoms with Crippen LogP contribution in [0.25, 0.3) is 0 Å². The van der Waals surface area contributed by atoms with Crippen LogP contribution in [0.5, 0.6) is 5.75 Å². The van der Waals surface area contributed by atoms with Gasteiger partial charge in [-0.25, -0.2) is 4.39 Å². The molecule has 26 heavy (non-hydrogen) atoms. The Bertz CT molecular complexity index is 867. The van der Waals surface area contributed by atoms with E-state index in [4.69, 9.17) is 4.74 Å². The number of nitrogens with zero attached hydrogens (tertiary/aromatic N) is 1. The number of benzene rings is 2. The number of halogens is 1. The number of rotatable bonds is 6. The van der Waals surface area contributed by atoms with Crippen LogP contribution in [0.1, 0.15) is 38.0 Å². The highest BCUT2D eigenvalue weighted by molar-refractivity contribution is 6.21. The van der Waals surface area contributed by atoms with Gasteiger partial charge in [0.15, 0.2) is 5.78 Å². The molecule has 2 aromatic rings. The third kappa shape index (κ3) is 3.39. The Morgan fingerprint density at radius 2 is 1.62 bits per heavy atom. The molecule has 0 saturated carbocycles. The van der Waals surface area contributed by atoms with Crippen molar-refractivity contribution in [2.24, 2.45) is 0 Å². The number of Topliss-reactive ketones (excluding diaryl/α,β-unsaturated/α-hetero) is 1. The number of ether oxygens (including phenoxy) is 1. The van der Waals surface area contributed by atoms with E-state index >= 15 is 0 Å². The van der Waals surface area contributed by atoms with Crippen LogP contribution in [0.15, 0.2) is 60.4 Å². The number of hydrogen-bond donors (Lipinski definition) is 0. The fraction of sp³-hybridized carbons (Fsp3) is 0.150. The molecule has 2 aromatic carbocycles. The summed E-state index contributed by atoms with van der Waals surface area (Å²) >= 11 is 0. The van der Waals surface area contributed by atoms with Crippen molar-refractivity contribution in [2.45, 2.75) is 6.92 Å². The second-order valence-corrected chi connectivity index (χ2v) is 5.88. The molecule has 0 aromatic heterocycles. The quantitative estimate of drug-likeness (QED) is 0.590. The molecule has 5 nitrogen and oxygen atoms in total. The lowest BCUT2D eigenvalue weighted by Crippen LogP contribution is -2.32. The van der Waals surface area contributed by atoms with E-state index in [2.05, 4.69) is 0 Å². The van der Waals surface area contributed by atoms with E-state index in [0.29, 0.717) is 28.8 Å². The fourth-order valence-electron chi connectivity index (χ4n) is 2.66. The SMILES string of the molecule is CC(=O)c1ccc(OC/C(=C/F)CN2C(=O)c3ccccc3C2=O)cc1. The maximum absolute atomic E-state index is 13.2. The van der Waals surface area contributed by atoms with E-state index in [9.17, 15) is 18.8 Å². The summed E-state index contributed by atoms with van der Waals surface area (Å²) in [6, 6.07) is 12.9. The number of hydrogen-bond acceptors (Lipinski definition) is 4. The Kier molecular flexibility index (Phi) is 4.93. The van der Waals surface area contributed by atoms with Crippen molar-refractivity contribution < 1.29 is 23.5 Å². The summed E-state index contributed by atoms with van der Waals surface area (Å²) in [5.74, 6) is -0.505. The molecule has 0 N–H and O–H groups in total. The molecular formula is C20H16FNO4. The predicted octanol–water partition coefficient (Wildman–Crippen LogP) is 3.42. The topological polar surface area (TPSA) is 63.7 Å². The lowest BCUT2D eigenvalue weighted by atomic mass is 10.1. The average Bonchev–Trinajstić information content (AvgIpc) is 2.90. The van der Waals surface area contributed by atoms with Crippen molar-refractivity contribution in [3.8, 4) is 5.75 Å². The normalized spacial score (nSPS) is 13.8. The molecule has 6 heteroatoms. The monoisotopic (exact) mass is 353 g/mol. The Hall–Kier alpha value is -3.28. The first kappa shape index (κ1) is 17.5. The molecule has 0 fully saturated rings. The van der Waals surface area contributed by atoms with Gasteiger partial charge < -0.3 is 4.74 Å². The Labute approximate surface area is 149 Å². The number of fused-ring (bicyclic) bond motifs is 1. The van der Waals surface area contributed by atoms with Gasteiger partial charge in [-0.05, 0) is 43.3 Å². The predicted molar refractivity (Wildman–Crippen MR) is 92.9 cm³/mol. The smallest absolute Gasteiger partial charge is 0.261 e. The van der Waals surface area contributed by atoms with E-state index in [1.54, 1.807) is 48.5 Å². The highest BCUT2D eigenvalue weighted by atomic mass is 19.1. The molecule has 0 atom stereocenters. The summed E-state index contributed by atoms with van der Waals surface area (Å²) in [4.78, 5) is 36.9. The number of carbonyl (C=O) groups is 3. The zero-order valence-electron chi connectivity index (χ0n) is 14.1. The first-order valence-corrected chi connectivity index (χ1v) is 7.98. The molecule has 0 radical (unpaired) electrons. The van der Waals surface area contributed by atoms with Crippen molar-refractivity contribution >= 4 is 17.6 Å². The minimum absolute atomic E-state index is 0.0634. The summed E-state index contributed by atoms with van der Waals surface area (Å²) in [7, 11) is 0. The molecule has 3 rings (SSSR count). The van der Waals surface area contributed by atoms with E-state index in [0.717, 1.165) is 4.90 Å². The van der Waals surface area contributed by atoms with Gasteiger partial charge in [-0.1, -0.05) is 12.1 Å². The molecule has 1 aliphatic rings. The summed E-state index contributed by atoms with van der Waals surface area (Å²) in [5.41, 5.74) is 1.33. The minimum atomic E-state index is -0.448. The van der Waals surface area contributed by atoms with Crippen LogP contribution in [0.4, 0.5) is 4.39 Å². The van der Waals surface area contributed by atoms with Crippen LogP contribution in [0.2, 0.25) is 0 Å². The molecule has 0 unspecified atom stereocenters. The third-order valence-electron chi connectivity index (χ3n) is 4.08. The zero-order valence-corrected chi connectivity index (χ0v) is 14.1. The number of ketones is 1. The number of imide groups is 1. The Morgan fingerprint density at radius 3 is 2.12 bits per heavy atom. The van der Waals surface area contributed by atoms with Crippen LogP contribution in [0.3, 0.4) is 0 Å². The molecule has 1 heterocycles. The van der Waals surface area contributed by atoms with Crippen LogP contribution in [-0.2, 0) is 0 Å². The van der Waals surface area contributed by atoms with Gasteiger partial charge in [-0.3, -0.25) is 19.3 Å². The molecule has 1 aliphatic heterocycles. The van der Waals surface area contributed by atoms with Crippen LogP contribution in [-0.4, -0.2) is 35.6 Å². The number of carbonyl (C=O) groups excluding carboxylic acids is 3. The first-order valence-electron chi connectivity index (χ1n) is 7.98. The van der Waals surface area contributed by atoms with Gasteiger partial charge >= 0.3 is 0 Å². The van der Waals surface area contributed by atoms with Gasteiger partial charge in [0.1, 0.15) is 12.4 Å². The summed E-state index contributed by atoms with van der Waals surface area (Å²) in [6.07, 6.45) is 0.341. The van der Waals surface area contributed by atoms with Gasteiger partial charge in [0, 0.05) is 11.1 Å². The van der Waals surface area contributed by atoms with E-state index in [1.165, 1.54) is 6.92 Å². The van der Waals surface area contributed by atoms with E-state index in [1.807, 2.05) is 0 Å². The molecule has 0 saturated heterocycles. The Balaban J connectivity index is 1.65. The lowest BCUT2D eigenvalue weighted by Gasteiger charge is -2.16. The molecule has 0 spiro atoms. The van der Waals surface area contributed by atoms with Crippen molar-refractivity contribution in [3.63, 3.8) is 0 Å². The Morgan fingerprint density at radius 1 is 1.04 bits per heavy atom. The van der Waals surface area contributed by atoms with Crippen LogP contribution < -0.4 is 4.74 Å². The first-order chi connectivity index (χ1) is 12.5. The van der Waals surface area contributed by atoms with E-state index < -0.39 is 11.8 Å². The second kappa shape index (κ2) is 7.31.